The smallest absolute Gasteiger partial charge is 0.317 e. The molecule has 2 aromatic heterocycles. The lowest BCUT2D eigenvalue weighted by Crippen LogP contribution is -2.27. The van der Waals surface area contributed by atoms with E-state index in [4.69, 9.17) is 0 Å². The number of pyridine rings is 1. The summed E-state index contributed by atoms with van der Waals surface area (Å²) in [6, 6.07) is 2.06. The van der Waals surface area contributed by atoms with E-state index in [1.54, 1.807) is 0 Å². The van der Waals surface area contributed by atoms with Gasteiger partial charge in [0.05, 0.1) is 5.56 Å². The van der Waals surface area contributed by atoms with Crippen LogP contribution in [0.25, 0.3) is 5.65 Å². The van der Waals surface area contributed by atoms with Gasteiger partial charge in [0.1, 0.15) is 0 Å². The molecule has 3 rings (SSSR count). The first-order valence-corrected chi connectivity index (χ1v) is 6.18. The lowest BCUT2D eigenvalue weighted by atomic mass is 9.98. The maximum atomic E-state index is 12.6. The first-order valence-electron chi connectivity index (χ1n) is 6.18. The molecule has 1 aliphatic rings. The number of aromatic nitrogens is 3. The average molecular weight is 270 g/mol. The van der Waals surface area contributed by atoms with Crippen molar-refractivity contribution in [3.63, 3.8) is 0 Å². The van der Waals surface area contributed by atoms with E-state index in [9.17, 15) is 13.2 Å². The summed E-state index contributed by atoms with van der Waals surface area (Å²) >= 11 is 0. The average Bonchev–Trinajstić information content (AvgIpc) is 2.81. The minimum atomic E-state index is -4.34. The summed E-state index contributed by atoms with van der Waals surface area (Å²) in [6.07, 6.45) is -1.19. The van der Waals surface area contributed by atoms with Crippen LogP contribution in [0, 0.1) is 0 Å². The second-order valence-corrected chi connectivity index (χ2v) is 4.71. The molecule has 0 amide bonds. The summed E-state index contributed by atoms with van der Waals surface area (Å²) in [4.78, 5) is 4.23. The number of piperidine rings is 1. The minimum absolute atomic E-state index is 0.232. The van der Waals surface area contributed by atoms with Crippen molar-refractivity contribution in [2.24, 2.45) is 0 Å². The summed E-state index contributed by atoms with van der Waals surface area (Å²) in [6.45, 7) is 1.79. The van der Waals surface area contributed by atoms with Crippen LogP contribution in [0.3, 0.4) is 0 Å². The zero-order chi connectivity index (χ0) is 13.5. The summed E-state index contributed by atoms with van der Waals surface area (Å²) in [5, 5.41) is 7.51. The Bertz CT molecular complexity index is 584. The molecule has 1 fully saturated rings. The van der Waals surface area contributed by atoms with Crippen molar-refractivity contribution in [1.82, 2.24) is 19.9 Å². The van der Waals surface area contributed by atoms with E-state index in [-0.39, 0.29) is 11.6 Å². The quantitative estimate of drug-likeness (QED) is 0.864. The van der Waals surface area contributed by atoms with Gasteiger partial charge in [0.15, 0.2) is 11.5 Å². The third-order valence-electron chi connectivity index (χ3n) is 3.39. The Morgan fingerprint density at radius 3 is 2.68 bits per heavy atom. The van der Waals surface area contributed by atoms with Crippen LogP contribution in [0.2, 0.25) is 0 Å². The van der Waals surface area contributed by atoms with Crippen LogP contribution >= 0.6 is 0 Å². The van der Waals surface area contributed by atoms with Gasteiger partial charge in [-0.05, 0) is 38.1 Å². The maximum absolute atomic E-state index is 12.6. The van der Waals surface area contributed by atoms with Gasteiger partial charge in [0, 0.05) is 12.1 Å². The number of hydrogen-bond donors (Lipinski definition) is 1. The van der Waals surface area contributed by atoms with Gasteiger partial charge < -0.3 is 5.32 Å². The molecule has 1 aliphatic heterocycles. The number of halogens is 3. The van der Waals surface area contributed by atoms with Crippen molar-refractivity contribution in [3.8, 4) is 0 Å². The van der Waals surface area contributed by atoms with Gasteiger partial charge in [-0.3, -0.25) is 0 Å². The van der Waals surface area contributed by atoms with Gasteiger partial charge in [-0.2, -0.15) is 18.3 Å². The third kappa shape index (κ3) is 2.42. The fraction of sp³-hybridized carbons (Fsp3) is 0.500. The fourth-order valence-electron chi connectivity index (χ4n) is 2.33. The van der Waals surface area contributed by atoms with E-state index in [0.717, 1.165) is 38.1 Å². The van der Waals surface area contributed by atoms with E-state index in [1.807, 2.05) is 0 Å². The van der Waals surface area contributed by atoms with E-state index in [1.165, 1.54) is 10.7 Å². The second-order valence-electron chi connectivity index (χ2n) is 4.71. The Balaban J connectivity index is 1.96. The number of nitrogens with one attached hydrogen (secondary N) is 1. The largest absolute Gasteiger partial charge is 0.416 e. The zero-order valence-corrected chi connectivity index (χ0v) is 10.1. The van der Waals surface area contributed by atoms with Gasteiger partial charge in [-0.1, -0.05) is 0 Å². The highest BCUT2D eigenvalue weighted by Crippen LogP contribution is 2.30. The molecule has 2 aromatic rings. The monoisotopic (exact) mass is 270 g/mol. The van der Waals surface area contributed by atoms with Crippen LogP contribution < -0.4 is 5.32 Å². The lowest BCUT2D eigenvalue weighted by molar-refractivity contribution is -0.137. The molecule has 1 saturated heterocycles. The molecule has 3 heterocycles. The zero-order valence-electron chi connectivity index (χ0n) is 10.1. The van der Waals surface area contributed by atoms with Crippen molar-refractivity contribution < 1.29 is 13.2 Å². The Labute approximate surface area is 107 Å². The maximum Gasteiger partial charge on any atom is 0.416 e. The summed E-state index contributed by atoms with van der Waals surface area (Å²) in [5.41, 5.74) is -0.437. The molecule has 0 radical (unpaired) electrons. The molecule has 0 atom stereocenters. The molecule has 0 unspecified atom stereocenters. The van der Waals surface area contributed by atoms with Crippen LogP contribution in [0.5, 0.6) is 0 Å². The number of hydrogen-bond acceptors (Lipinski definition) is 3. The molecule has 19 heavy (non-hydrogen) atoms. The van der Waals surface area contributed by atoms with Crippen molar-refractivity contribution in [3.05, 3.63) is 29.7 Å². The van der Waals surface area contributed by atoms with E-state index >= 15 is 0 Å². The van der Waals surface area contributed by atoms with E-state index in [2.05, 4.69) is 15.4 Å². The highest BCUT2D eigenvalue weighted by molar-refractivity contribution is 5.41. The number of rotatable bonds is 1. The molecule has 102 valence electrons. The van der Waals surface area contributed by atoms with Gasteiger partial charge in [0.2, 0.25) is 0 Å². The minimum Gasteiger partial charge on any atom is -0.317 e. The van der Waals surface area contributed by atoms with Crippen molar-refractivity contribution in [2.45, 2.75) is 24.9 Å². The summed E-state index contributed by atoms with van der Waals surface area (Å²) in [5.74, 6) is 0.872. The van der Waals surface area contributed by atoms with Crippen LogP contribution in [-0.2, 0) is 6.18 Å². The Morgan fingerprint density at radius 1 is 1.26 bits per heavy atom. The summed E-state index contributed by atoms with van der Waals surface area (Å²) in [7, 11) is 0. The van der Waals surface area contributed by atoms with Gasteiger partial charge in [-0.15, -0.1) is 0 Å². The molecule has 0 aliphatic carbocycles. The Morgan fingerprint density at radius 2 is 2.00 bits per heavy atom. The number of nitrogens with zero attached hydrogens (tertiary/aromatic N) is 3. The standard InChI is InChI=1S/C12H13F3N4/c13-12(14,15)9-3-6-19-10(7-9)17-11(18-19)8-1-4-16-5-2-8/h3,6-8,16H,1-2,4-5H2. The molecule has 4 nitrogen and oxygen atoms in total. The van der Waals surface area contributed by atoms with Crippen molar-refractivity contribution in [2.75, 3.05) is 13.1 Å². The molecule has 7 heteroatoms. The Hall–Kier alpha value is -1.63. The SMILES string of the molecule is FC(F)(F)c1ccn2nc(C3CCNCC3)nc2c1. The number of fused-ring (bicyclic) bond motifs is 1. The first kappa shape index (κ1) is 12.4. The van der Waals surface area contributed by atoms with Crippen LogP contribution in [-0.4, -0.2) is 27.7 Å². The second kappa shape index (κ2) is 4.48. The fourth-order valence-corrected chi connectivity index (χ4v) is 2.33. The third-order valence-corrected chi connectivity index (χ3v) is 3.39. The van der Waals surface area contributed by atoms with E-state index < -0.39 is 11.7 Å². The van der Waals surface area contributed by atoms with Gasteiger partial charge >= 0.3 is 6.18 Å². The normalized spacial score (nSPS) is 18.1. The molecular formula is C12H13F3N4. The topological polar surface area (TPSA) is 42.2 Å². The van der Waals surface area contributed by atoms with Crippen LogP contribution in [0.4, 0.5) is 13.2 Å². The molecule has 0 aromatic carbocycles. The molecule has 0 saturated carbocycles. The molecule has 1 N–H and O–H groups in total. The van der Waals surface area contributed by atoms with E-state index in [0.29, 0.717) is 5.82 Å². The molecule has 0 spiro atoms. The Kier molecular flexibility index (Phi) is 2.93. The van der Waals surface area contributed by atoms with Crippen LogP contribution in [0.1, 0.15) is 30.1 Å². The highest BCUT2D eigenvalue weighted by Gasteiger charge is 2.31. The van der Waals surface area contributed by atoms with Crippen LogP contribution in [0.15, 0.2) is 18.3 Å². The molecule has 0 bridgehead atoms. The lowest BCUT2D eigenvalue weighted by Gasteiger charge is -2.19. The van der Waals surface area contributed by atoms with Crippen molar-refractivity contribution >= 4 is 5.65 Å². The van der Waals surface area contributed by atoms with Crippen molar-refractivity contribution in [1.29, 1.82) is 0 Å². The highest BCUT2D eigenvalue weighted by atomic mass is 19.4. The first-order chi connectivity index (χ1) is 9.04. The number of alkyl halides is 3. The molecular weight excluding hydrogens is 257 g/mol. The predicted octanol–water partition coefficient (Wildman–Crippen LogP) is 2.22. The van der Waals surface area contributed by atoms with Gasteiger partial charge in [0.25, 0.3) is 0 Å². The van der Waals surface area contributed by atoms with Gasteiger partial charge in [-0.25, -0.2) is 9.50 Å². The summed E-state index contributed by atoms with van der Waals surface area (Å²) < 4.78 is 39.2. The predicted molar refractivity (Wildman–Crippen MR) is 62.8 cm³/mol.